The third-order valence-corrected chi connectivity index (χ3v) is 12.9. The lowest BCUT2D eigenvalue weighted by Gasteiger charge is -2.18. The van der Waals surface area contributed by atoms with Crippen LogP contribution < -0.4 is 0 Å². The molecule has 0 radical (unpaired) electrons. The van der Waals surface area contributed by atoms with E-state index in [2.05, 4.69) is 154 Å². The first-order valence-corrected chi connectivity index (χ1v) is 31.2. The van der Waals surface area contributed by atoms with Crippen molar-refractivity contribution in [3.8, 4) is 0 Å². The summed E-state index contributed by atoms with van der Waals surface area (Å²) in [5, 5.41) is 0. The van der Waals surface area contributed by atoms with Crippen LogP contribution >= 0.6 is 0 Å². The molecule has 0 N–H and O–H groups in total. The molecule has 0 aliphatic carbocycles. The van der Waals surface area contributed by atoms with Gasteiger partial charge in [-0.1, -0.05) is 251 Å². The Labute approximate surface area is 468 Å². The molecule has 0 saturated carbocycles. The van der Waals surface area contributed by atoms with E-state index in [1.54, 1.807) is 0 Å². The summed E-state index contributed by atoms with van der Waals surface area (Å²) in [5.74, 6) is -0.940. The molecule has 76 heavy (non-hydrogen) atoms. The van der Waals surface area contributed by atoms with Gasteiger partial charge in [0.05, 0.1) is 0 Å². The fraction of sp³-hybridized carbons (Fsp3) is 0.643. The second-order valence-corrected chi connectivity index (χ2v) is 20.2. The van der Waals surface area contributed by atoms with Crippen LogP contribution in [0.4, 0.5) is 0 Å². The molecule has 0 aromatic heterocycles. The average Bonchev–Trinajstić information content (AvgIpc) is 3.42. The number of hydrogen-bond donors (Lipinski definition) is 0. The van der Waals surface area contributed by atoms with E-state index in [1.807, 2.05) is 0 Å². The second kappa shape index (κ2) is 63.1. The van der Waals surface area contributed by atoms with Gasteiger partial charge in [-0.3, -0.25) is 14.4 Å². The van der Waals surface area contributed by atoms with E-state index in [9.17, 15) is 14.4 Å². The quantitative estimate of drug-likeness (QED) is 0.0261. The molecule has 0 aliphatic rings. The molecule has 0 heterocycles. The van der Waals surface area contributed by atoms with Gasteiger partial charge in [0.1, 0.15) is 13.2 Å². The number of carbonyl (C=O) groups excluding carboxylic acids is 3. The zero-order chi connectivity index (χ0) is 55.0. The molecule has 0 fully saturated rings. The highest BCUT2D eigenvalue weighted by atomic mass is 16.6. The van der Waals surface area contributed by atoms with Crippen LogP contribution in [0.5, 0.6) is 0 Å². The summed E-state index contributed by atoms with van der Waals surface area (Å²) in [6.45, 7) is 6.37. The van der Waals surface area contributed by atoms with E-state index in [-0.39, 0.29) is 31.1 Å². The maximum atomic E-state index is 12.9. The number of unbranched alkanes of at least 4 members (excludes halogenated alkanes) is 22. The van der Waals surface area contributed by atoms with Crippen molar-refractivity contribution < 1.29 is 28.6 Å². The summed E-state index contributed by atoms with van der Waals surface area (Å²) in [7, 11) is 0. The molecule has 0 aromatic rings. The van der Waals surface area contributed by atoms with E-state index < -0.39 is 6.10 Å². The van der Waals surface area contributed by atoms with Crippen molar-refractivity contribution in [2.75, 3.05) is 13.2 Å². The van der Waals surface area contributed by atoms with Gasteiger partial charge in [0.15, 0.2) is 6.10 Å². The number of hydrogen-bond acceptors (Lipinski definition) is 6. The average molecular weight is 1050 g/mol. The van der Waals surface area contributed by atoms with Crippen molar-refractivity contribution in [2.45, 2.75) is 277 Å². The Balaban J connectivity index is 4.48. The Hall–Kier alpha value is -4.45. The van der Waals surface area contributed by atoms with E-state index in [1.165, 1.54) is 83.5 Å². The molecule has 0 amide bonds. The van der Waals surface area contributed by atoms with E-state index >= 15 is 0 Å². The molecule has 6 nitrogen and oxygen atoms in total. The van der Waals surface area contributed by atoms with Gasteiger partial charge in [0.25, 0.3) is 0 Å². The third-order valence-electron chi connectivity index (χ3n) is 12.9. The number of carbonyl (C=O) groups is 3. The van der Waals surface area contributed by atoms with Gasteiger partial charge in [0.2, 0.25) is 0 Å². The predicted octanol–water partition coefficient (Wildman–Crippen LogP) is 21.4. The topological polar surface area (TPSA) is 78.9 Å². The van der Waals surface area contributed by atoms with Crippen molar-refractivity contribution in [3.63, 3.8) is 0 Å². The molecular formula is C70H114O6. The molecule has 0 aliphatic heterocycles. The lowest BCUT2D eigenvalue weighted by atomic mass is 10.1. The van der Waals surface area contributed by atoms with Gasteiger partial charge in [-0.15, -0.1) is 0 Å². The van der Waals surface area contributed by atoms with E-state index in [0.29, 0.717) is 19.3 Å². The minimum absolute atomic E-state index is 0.0987. The largest absolute Gasteiger partial charge is 0.462 e. The molecular weight excluding hydrogens is 937 g/mol. The Morgan fingerprint density at radius 2 is 0.513 bits per heavy atom. The van der Waals surface area contributed by atoms with E-state index in [0.717, 1.165) is 148 Å². The summed E-state index contributed by atoms with van der Waals surface area (Å²) in [6, 6.07) is 0. The van der Waals surface area contributed by atoms with E-state index in [4.69, 9.17) is 14.2 Å². The normalized spacial score (nSPS) is 13.0. The zero-order valence-corrected chi connectivity index (χ0v) is 49.2. The van der Waals surface area contributed by atoms with Gasteiger partial charge >= 0.3 is 17.9 Å². The standard InChI is InChI=1S/C70H114O6/c1-4-7-10-13-16-19-22-25-28-31-33-34-35-36-37-40-42-45-48-51-54-57-60-63-69(72)75-66-67(65-74-68(71)62-59-56-53-50-47-44-41-38-30-27-24-21-18-15-12-9-6-3)76-70(73)64-61-58-55-52-49-46-43-39-32-29-26-23-20-17-14-11-8-5-2/h7,9-10,12,16,18-21,23,25,27-30,32-34,36-37,42,45,67H,4-6,8,11,13-15,17,22,24,26,31,35,38-41,43-44,46-66H2,1-3H3/b10-7-,12-9-,19-16-,21-18-,23-20-,28-25-,30-27-,32-29-,34-33-,37-36-,45-42-. The van der Waals surface area contributed by atoms with Crippen LogP contribution in [-0.4, -0.2) is 37.2 Å². The summed E-state index contributed by atoms with van der Waals surface area (Å²) in [6.07, 6.45) is 88.7. The molecule has 0 bridgehead atoms. The molecule has 1 unspecified atom stereocenters. The van der Waals surface area contributed by atoms with Crippen LogP contribution in [0.3, 0.4) is 0 Å². The van der Waals surface area contributed by atoms with Crippen LogP contribution in [0.2, 0.25) is 0 Å². The molecule has 0 saturated heterocycles. The fourth-order valence-electron chi connectivity index (χ4n) is 8.25. The summed E-state index contributed by atoms with van der Waals surface area (Å²) in [5.41, 5.74) is 0. The Morgan fingerprint density at radius 1 is 0.276 bits per heavy atom. The van der Waals surface area contributed by atoms with Crippen molar-refractivity contribution >= 4 is 17.9 Å². The lowest BCUT2D eigenvalue weighted by Crippen LogP contribution is -2.30. The first-order chi connectivity index (χ1) is 37.5. The monoisotopic (exact) mass is 1050 g/mol. The number of ether oxygens (including phenoxy) is 3. The third kappa shape index (κ3) is 60.4. The van der Waals surface area contributed by atoms with Gasteiger partial charge in [-0.2, -0.15) is 0 Å². The highest BCUT2D eigenvalue weighted by Crippen LogP contribution is 2.14. The van der Waals surface area contributed by atoms with Gasteiger partial charge in [-0.05, 0) is 135 Å². The predicted molar refractivity (Wildman–Crippen MR) is 329 cm³/mol. The Morgan fingerprint density at radius 3 is 0.803 bits per heavy atom. The van der Waals surface area contributed by atoms with Crippen LogP contribution in [0.1, 0.15) is 271 Å². The molecule has 1 atom stereocenters. The van der Waals surface area contributed by atoms with Crippen LogP contribution in [0.25, 0.3) is 0 Å². The molecule has 0 spiro atoms. The van der Waals surface area contributed by atoms with Crippen LogP contribution in [-0.2, 0) is 28.6 Å². The Kier molecular flexibility index (Phi) is 59.4. The first kappa shape index (κ1) is 71.5. The maximum absolute atomic E-state index is 12.9. The summed E-state index contributed by atoms with van der Waals surface area (Å²) < 4.78 is 16.9. The smallest absolute Gasteiger partial charge is 0.306 e. The van der Waals surface area contributed by atoms with Crippen molar-refractivity contribution in [1.82, 2.24) is 0 Å². The molecule has 6 heteroatoms. The van der Waals surface area contributed by atoms with Crippen molar-refractivity contribution in [2.24, 2.45) is 0 Å². The number of rotatable bonds is 55. The lowest BCUT2D eigenvalue weighted by molar-refractivity contribution is -0.167. The highest BCUT2D eigenvalue weighted by molar-refractivity contribution is 5.71. The van der Waals surface area contributed by atoms with Crippen LogP contribution in [0, 0.1) is 0 Å². The number of esters is 3. The fourth-order valence-corrected chi connectivity index (χ4v) is 8.25. The minimum Gasteiger partial charge on any atom is -0.462 e. The van der Waals surface area contributed by atoms with Gasteiger partial charge < -0.3 is 14.2 Å². The SMILES string of the molecule is CC/C=C\C/C=C\C/C=C\C/C=C\C/C=C\C/C=C\CCCCCCC(=O)OCC(COC(=O)CCCCCCCCC/C=C\C/C=C\C/C=C\CC)OC(=O)CCCCCCCCC/C=C\C/C=C\CCCCCC. The Bertz CT molecular complexity index is 1630. The summed E-state index contributed by atoms with van der Waals surface area (Å²) >= 11 is 0. The zero-order valence-electron chi connectivity index (χ0n) is 49.2. The van der Waals surface area contributed by atoms with Crippen molar-refractivity contribution in [3.05, 3.63) is 134 Å². The number of allylic oxidation sites excluding steroid dienone is 22. The highest BCUT2D eigenvalue weighted by Gasteiger charge is 2.19. The molecule has 0 rings (SSSR count). The first-order valence-electron chi connectivity index (χ1n) is 31.2. The molecule has 430 valence electrons. The van der Waals surface area contributed by atoms with Crippen LogP contribution in [0.15, 0.2) is 134 Å². The summed E-state index contributed by atoms with van der Waals surface area (Å²) in [4.78, 5) is 38.3. The molecule has 0 aromatic carbocycles. The second-order valence-electron chi connectivity index (χ2n) is 20.2. The van der Waals surface area contributed by atoms with Gasteiger partial charge in [0, 0.05) is 19.3 Å². The van der Waals surface area contributed by atoms with Crippen molar-refractivity contribution in [1.29, 1.82) is 0 Å². The maximum Gasteiger partial charge on any atom is 0.306 e. The minimum atomic E-state index is -0.804. The van der Waals surface area contributed by atoms with Gasteiger partial charge in [-0.25, -0.2) is 0 Å².